The predicted molar refractivity (Wildman–Crippen MR) is 140 cm³/mol. The first-order valence-electron chi connectivity index (χ1n) is 12.0. The van der Waals surface area contributed by atoms with Crippen LogP contribution in [0.5, 0.6) is 0 Å². The minimum atomic E-state index is 0.921. The first-order chi connectivity index (χ1) is 17.4. The van der Waals surface area contributed by atoms with Crippen LogP contribution < -0.4 is 0 Å². The lowest BCUT2D eigenvalue weighted by Crippen LogP contribution is -1.95. The molecule has 9 rings (SSSR count). The van der Waals surface area contributed by atoms with Crippen molar-refractivity contribution in [2.45, 2.75) is 12.8 Å². The van der Waals surface area contributed by atoms with E-state index in [9.17, 15) is 0 Å². The van der Waals surface area contributed by atoms with Crippen LogP contribution in [-0.4, -0.2) is 19.4 Å². The van der Waals surface area contributed by atoms with E-state index in [1.807, 2.05) is 24.7 Å². The highest BCUT2D eigenvalue weighted by molar-refractivity contribution is 6.14. The molecule has 162 valence electrons. The van der Waals surface area contributed by atoms with Crippen LogP contribution in [0.15, 0.2) is 85.3 Å². The van der Waals surface area contributed by atoms with Crippen LogP contribution in [-0.2, 0) is 12.8 Å². The van der Waals surface area contributed by atoms with Crippen molar-refractivity contribution < 1.29 is 0 Å². The van der Waals surface area contributed by atoms with Gasteiger partial charge in [0.2, 0.25) is 0 Å². The van der Waals surface area contributed by atoms with E-state index < -0.39 is 0 Å². The summed E-state index contributed by atoms with van der Waals surface area (Å²) in [4.78, 5) is 14.4. The second-order valence-electron chi connectivity index (χ2n) is 9.66. The van der Waals surface area contributed by atoms with E-state index in [4.69, 9.17) is 9.97 Å². The molecule has 0 saturated carbocycles. The summed E-state index contributed by atoms with van der Waals surface area (Å²) in [6.07, 6.45) is 7.63. The third kappa shape index (κ3) is 2.11. The summed E-state index contributed by atoms with van der Waals surface area (Å²) < 4.78 is 2.27. The van der Waals surface area contributed by atoms with Gasteiger partial charge in [-0.3, -0.25) is 9.38 Å². The molecule has 0 amide bonds. The van der Waals surface area contributed by atoms with Crippen molar-refractivity contribution in [3.8, 4) is 22.3 Å². The Morgan fingerprint density at radius 3 is 2.51 bits per heavy atom. The maximum atomic E-state index is 5.13. The molecular weight excluding hydrogens is 428 g/mol. The van der Waals surface area contributed by atoms with Crippen molar-refractivity contribution in [2.75, 3.05) is 0 Å². The molecule has 0 radical (unpaired) electrons. The predicted octanol–water partition coefficient (Wildman–Crippen LogP) is 6.73. The summed E-state index contributed by atoms with van der Waals surface area (Å²) in [5.41, 5.74) is 15.2. The van der Waals surface area contributed by atoms with Gasteiger partial charge in [-0.05, 0) is 81.4 Å². The van der Waals surface area contributed by atoms with Crippen LogP contribution >= 0.6 is 0 Å². The van der Waals surface area contributed by atoms with Crippen LogP contribution in [0.2, 0.25) is 0 Å². The summed E-state index contributed by atoms with van der Waals surface area (Å²) in [6.45, 7) is 0. The van der Waals surface area contributed by atoms with Gasteiger partial charge in [0.25, 0.3) is 0 Å². The van der Waals surface area contributed by atoms with Crippen LogP contribution in [0.4, 0.5) is 0 Å². The minimum Gasteiger partial charge on any atom is -0.275 e. The van der Waals surface area contributed by atoms with Crippen molar-refractivity contribution in [1.82, 2.24) is 19.4 Å². The van der Waals surface area contributed by atoms with E-state index in [0.717, 1.165) is 51.3 Å². The zero-order valence-corrected chi connectivity index (χ0v) is 18.8. The number of nitrogens with zero attached hydrogens (tertiary/aromatic N) is 4. The molecule has 4 nitrogen and oxygen atoms in total. The number of hydrogen-bond acceptors (Lipinski definition) is 3. The number of imidazole rings is 1. The maximum absolute atomic E-state index is 5.13. The van der Waals surface area contributed by atoms with Crippen molar-refractivity contribution in [3.63, 3.8) is 0 Å². The molecule has 35 heavy (non-hydrogen) atoms. The van der Waals surface area contributed by atoms with Gasteiger partial charge in [-0.25, -0.2) is 9.97 Å². The highest BCUT2D eigenvalue weighted by atomic mass is 15.1. The lowest BCUT2D eigenvalue weighted by molar-refractivity contribution is 1.16. The maximum Gasteiger partial charge on any atom is 0.149 e. The number of rotatable bonds is 0. The van der Waals surface area contributed by atoms with E-state index in [0.29, 0.717) is 0 Å². The van der Waals surface area contributed by atoms with E-state index in [2.05, 4.69) is 70.0 Å². The average Bonchev–Trinajstić information content (AvgIpc) is 3.59. The SMILES string of the molecule is c1ccc2c(c1)Cc1c-2ccc2c1Cc1ccc3nc4c5cnccc5c5cccnc5n4c3c1-2. The molecule has 0 fully saturated rings. The Bertz CT molecular complexity index is 2070. The van der Waals surface area contributed by atoms with Gasteiger partial charge in [-0.2, -0.15) is 0 Å². The Labute approximate surface area is 200 Å². The Hall–Kier alpha value is -4.57. The Balaban J connectivity index is 1.44. The number of aromatic nitrogens is 4. The van der Waals surface area contributed by atoms with E-state index in [-0.39, 0.29) is 0 Å². The van der Waals surface area contributed by atoms with Gasteiger partial charge in [-0.15, -0.1) is 0 Å². The Morgan fingerprint density at radius 2 is 1.51 bits per heavy atom. The number of fused-ring (bicyclic) bond motifs is 16. The third-order valence-corrected chi connectivity index (χ3v) is 8.00. The van der Waals surface area contributed by atoms with Crippen LogP contribution in [0.25, 0.3) is 60.7 Å². The van der Waals surface area contributed by atoms with Crippen LogP contribution in [0.3, 0.4) is 0 Å². The molecule has 0 atom stereocenters. The standard InChI is InChI=1S/C31H18N4/c1-2-5-19-17(4-1)14-24-20(19)8-9-22-25(24)15-18-7-10-27-29(28(18)22)35-30-23(6-3-12-33-30)21-11-13-32-16-26(21)31(35)34-27/h1-13,16H,14-15H2. The summed E-state index contributed by atoms with van der Waals surface area (Å²) >= 11 is 0. The smallest absolute Gasteiger partial charge is 0.149 e. The van der Waals surface area contributed by atoms with Crippen molar-refractivity contribution in [2.24, 2.45) is 0 Å². The zero-order chi connectivity index (χ0) is 22.7. The fourth-order valence-electron chi connectivity index (χ4n) is 6.54. The molecule has 4 aromatic heterocycles. The second-order valence-corrected chi connectivity index (χ2v) is 9.66. The molecule has 0 spiro atoms. The van der Waals surface area contributed by atoms with E-state index in [1.165, 1.54) is 44.5 Å². The fourth-order valence-corrected chi connectivity index (χ4v) is 6.54. The van der Waals surface area contributed by atoms with Gasteiger partial charge >= 0.3 is 0 Å². The summed E-state index contributed by atoms with van der Waals surface area (Å²) in [5, 5.41) is 3.32. The number of pyridine rings is 3. The summed E-state index contributed by atoms with van der Waals surface area (Å²) in [7, 11) is 0. The largest absolute Gasteiger partial charge is 0.275 e. The monoisotopic (exact) mass is 446 g/mol. The fraction of sp³-hybridized carbons (Fsp3) is 0.0645. The molecule has 0 unspecified atom stereocenters. The van der Waals surface area contributed by atoms with Gasteiger partial charge in [0.15, 0.2) is 0 Å². The molecule has 2 aliphatic carbocycles. The second kappa shape index (κ2) is 6.10. The lowest BCUT2D eigenvalue weighted by Gasteiger charge is -2.10. The number of benzene rings is 3. The summed E-state index contributed by atoms with van der Waals surface area (Å²) in [5.74, 6) is 0. The van der Waals surface area contributed by atoms with Crippen LogP contribution in [0, 0.1) is 0 Å². The molecule has 7 aromatic rings. The zero-order valence-electron chi connectivity index (χ0n) is 18.8. The molecule has 3 aromatic carbocycles. The van der Waals surface area contributed by atoms with Gasteiger partial charge in [0.1, 0.15) is 11.3 Å². The van der Waals surface area contributed by atoms with Crippen molar-refractivity contribution in [1.29, 1.82) is 0 Å². The van der Waals surface area contributed by atoms with Crippen molar-refractivity contribution in [3.05, 3.63) is 108 Å². The van der Waals surface area contributed by atoms with Gasteiger partial charge in [0.05, 0.1) is 11.0 Å². The first kappa shape index (κ1) is 17.8. The molecular formula is C31H18N4. The van der Waals surface area contributed by atoms with Crippen LogP contribution in [0.1, 0.15) is 22.3 Å². The third-order valence-electron chi connectivity index (χ3n) is 8.00. The quantitative estimate of drug-likeness (QED) is 0.243. The highest BCUT2D eigenvalue weighted by Gasteiger charge is 2.30. The topological polar surface area (TPSA) is 43.1 Å². The van der Waals surface area contributed by atoms with Gasteiger partial charge in [0, 0.05) is 34.9 Å². The molecule has 0 saturated heterocycles. The molecule has 0 N–H and O–H groups in total. The average molecular weight is 447 g/mol. The molecule has 4 heteroatoms. The molecule has 0 bridgehead atoms. The Kier molecular flexibility index (Phi) is 3.11. The highest BCUT2D eigenvalue weighted by Crippen LogP contribution is 2.49. The van der Waals surface area contributed by atoms with E-state index >= 15 is 0 Å². The molecule has 4 heterocycles. The lowest BCUT2D eigenvalue weighted by atomic mass is 9.96. The van der Waals surface area contributed by atoms with Gasteiger partial charge < -0.3 is 0 Å². The summed E-state index contributed by atoms with van der Waals surface area (Å²) in [6, 6.07) is 24.2. The first-order valence-corrected chi connectivity index (χ1v) is 12.0. The van der Waals surface area contributed by atoms with E-state index in [1.54, 1.807) is 0 Å². The normalized spacial score (nSPS) is 13.5. The molecule has 2 aliphatic rings. The number of hydrogen-bond donors (Lipinski definition) is 0. The van der Waals surface area contributed by atoms with Gasteiger partial charge in [-0.1, -0.05) is 42.5 Å². The minimum absolute atomic E-state index is 0.921. The Morgan fingerprint density at radius 1 is 0.629 bits per heavy atom. The molecule has 0 aliphatic heterocycles. The van der Waals surface area contributed by atoms with Crippen molar-refractivity contribution >= 4 is 38.5 Å².